The number of ether oxygens (including phenoxy) is 3. The Morgan fingerprint density at radius 3 is 2.06 bits per heavy atom. The van der Waals surface area contributed by atoms with Gasteiger partial charge in [-0.1, -0.05) is 30.3 Å². The fourth-order valence-electron chi connectivity index (χ4n) is 3.80. The van der Waals surface area contributed by atoms with Gasteiger partial charge in [-0.2, -0.15) is 0 Å². The largest absolute Gasteiger partial charge is 0.493 e. The summed E-state index contributed by atoms with van der Waals surface area (Å²) in [6, 6.07) is 16.1. The molecule has 0 fully saturated rings. The number of nitrogens with zero attached hydrogens (tertiary/aromatic N) is 1. The fraction of sp³-hybridized carbons (Fsp3) is 0.154. The quantitative estimate of drug-likeness (QED) is 0.413. The first-order chi connectivity index (χ1) is 16.9. The van der Waals surface area contributed by atoms with E-state index in [2.05, 4.69) is 5.32 Å². The summed E-state index contributed by atoms with van der Waals surface area (Å²) in [5.41, 5.74) is 1.21. The van der Waals surface area contributed by atoms with E-state index >= 15 is 0 Å². The monoisotopic (exact) mass is 474 g/mol. The lowest BCUT2D eigenvalue weighted by Gasteiger charge is -2.26. The van der Waals surface area contributed by atoms with E-state index in [-0.39, 0.29) is 28.9 Å². The van der Waals surface area contributed by atoms with Gasteiger partial charge < -0.3 is 19.5 Å². The highest BCUT2D eigenvalue weighted by Gasteiger charge is 2.37. The number of anilines is 1. The predicted molar refractivity (Wildman–Crippen MR) is 126 cm³/mol. The average Bonchev–Trinajstić information content (AvgIpc) is 2.89. The van der Waals surface area contributed by atoms with Crippen molar-refractivity contribution in [3.05, 3.63) is 82.9 Å². The number of carbonyl (C=O) groups excluding carboxylic acids is 4. The summed E-state index contributed by atoms with van der Waals surface area (Å²) in [7, 11) is 4.32. The second-order valence-corrected chi connectivity index (χ2v) is 7.64. The molecule has 178 valence electrons. The number of ketones is 1. The molecule has 0 saturated carbocycles. The van der Waals surface area contributed by atoms with E-state index in [0.29, 0.717) is 17.2 Å². The van der Waals surface area contributed by atoms with E-state index in [4.69, 9.17) is 14.2 Å². The lowest BCUT2D eigenvalue weighted by atomic mass is 9.96. The molecule has 9 heteroatoms. The molecule has 0 aromatic heterocycles. The first-order valence-corrected chi connectivity index (χ1v) is 10.6. The maximum Gasteiger partial charge on any atom is 0.302 e. The molecule has 0 atom stereocenters. The molecular weight excluding hydrogens is 452 g/mol. The van der Waals surface area contributed by atoms with Gasteiger partial charge in [-0.05, 0) is 35.9 Å². The maximum absolute atomic E-state index is 13.0. The highest BCUT2D eigenvalue weighted by atomic mass is 16.5. The molecule has 3 aromatic carbocycles. The van der Waals surface area contributed by atoms with Gasteiger partial charge in [0.15, 0.2) is 11.5 Å². The zero-order chi connectivity index (χ0) is 25.1. The molecule has 1 heterocycles. The minimum Gasteiger partial charge on any atom is -0.493 e. The Morgan fingerprint density at radius 2 is 1.46 bits per heavy atom. The summed E-state index contributed by atoms with van der Waals surface area (Å²) >= 11 is 0. The predicted octanol–water partition coefficient (Wildman–Crippen LogP) is 3.33. The van der Waals surface area contributed by atoms with Crippen LogP contribution in [0.5, 0.6) is 17.2 Å². The molecule has 0 radical (unpaired) electrons. The van der Waals surface area contributed by atoms with Crippen molar-refractivity contribution in [2.24, 2.45) is 0 Å². The van der Waals surface area contributed by atoms with Crippen LogP contribution in [0.25, 0.3) is 0 Å². The Balaban J connectivity index is 1.60. The number of nitrogens with one attached hydrogen (secondary N) is 1. The number of fused-ring (bicyclic) bond motifs is 1. The van der Waals surface area contributed by atoms with Crippen LogP contribution in [-0.2, 0) is 11.3 Å². The second kappa shape index (κ2) is 9.68. The molecule has 9 nitrogen and oxygen atoms in total. The molecule has 0 bridgehead atoms. The van der Waals surface area contributed by atoms with Gasteiger partial charge in [-0.15, -0.1) is 0 Å². The molecule has 35 heavy (non-hydrogen) atoms. The van der Waals surface area contributed by atoms with Gasteiger partial charge in [0.2, 0.25) is 5.75 Å². The van der Waals surface area contributed by atoms with Crippen LogP contribution >= 0.6 is 0 Å². The van der Waals surface area contributed by atoms with Crippen LogP contribution in [0.15, 0.2) is 60.7 Å². The molecule has 4 rings (SSSR count). The number of hydrogen-bond donors (Lipinski definition) is 1. The highest BCUT2D eigenvalue weighted by molar-refractivity contribution is 6.49. The zero-order valence-corrected chi connectivity index (χ0v) is 19.3. The van der Waals surface area contributed by atoms with Crippen molar-refractivity contribution in [1.82, 2.24) is 4.90 Å². The van der Waals surface area contributed by atoms with Crippen molar-refractivity contribution in [3.8, 4) is 17.2 Å². The Bertz CT molecular complexity index is 1310. The van der Waals surface area contributed by atoms with Gasteiger partial charge in [-0.25, -0.2) is 0 Å². The molecule has 3 aromatic rings. The summed E-state index contributed by atoms with van der Waals surface area (Å²) < 4.78 is 15.8. The zero-order valence-electron chi connectivity index (χ0n) is 19.3. The molecule has 0 spiro atoms. The third-order valence-corrected chi connectivity index (χ3v) is 5.55. The summed E-state index contributed by atoms with van der Waals surface area (Å²) in [5.74, 6) is -1.90. The Kier molecular flexibility index (Phi) is 6.50. The summed E-state index contributed by atoms with van der Waals surface area (Å²) in [5, 5.41) is 2.67. The Labute approximate surface area is 201 Å². The van der Waals surface area contributed by atoms with E-state index < -0.39 is 23.5 Å². The molecule has 1 N–H and O–H groups in total. The smallest absolute Gasteiger partial charge is 0.302 e. The second-order valence-electron chi connectivity index (χ2n) is 7.64. The van der Waals surface area contributed by atoms with Crippen LogP contribution in [0, 0.1) is 0 Å². The van der Waals surface area contributed by atoms with E-state index in [1.807, 2.05) is 6.07 Å². The van der Waals surface area contributed by atoms with Gasteiger partial charge in [0, 0.05) is 16.8 Å². The lowest BCUT2D eigenvalue weighted by Crippen LogP contribution is -2.45. The number of methoxy groups -OCH3 is 3. The number of rotatable bonds is 7. The minimum absolute atomic E-state index is 0.0106. The maximum atomic E-state index is 13.0. The molecule has 1 aliphatic rings. The first kappa shape index (κ1) is 23.5. The average molecular weight is 474 g/mol. The van der Waals surface area contributed by atoms with Gasteiger partial charge in [0.25, 0.3) is 17.6 Å². The van der Waals surface area contributed by atoms with Gasteiger partial charge in [0.1, 0.15) is 0 Å². The van der Waals surface area contributed by atoms with Crippen molar-refractivity contribution in [2.45, 2.75) is 6.54 Å². The number of hydrogen-bond acceptors (Lipinski definition) is 7. The molecule has 0 unspecified atom stereocenters. The number of imide groups is 1. The normalized spacial score (nSPS) is 12.8. The van der Waals surface area contributed by atoms with E-state index in [9.17, 15) is 19.2 Å². The van der Waals surface area contributed by atoms with Gasteiger partial charge >= 0.3 is 5.91 Å². The van der Waals surface area contributed by atoms with Crippen LogP contribution in [0.3, 0.4) is 0 Å². The molecular formula is C26H22N2O7. The van der Waals surface area contributed by atoms with Crippen LogP contribution in [0.1, 0.15) is 36.6 Å². The fourth-order valence-corrected chi connectivity index (χ4v) is 3.80. The number of benzene rings is 3. The lowest BCUT2D eigenvalue weighted by molar-refractivity contribution is -0.124. The van der Waals surface area contributed by atoms with Gasteiger partial charge in [0.05, 0.1) is 33.4 Å². The van der Waals surface area contributed by atoms with Gasteiger partial charge in [-0.3, -0.25) is 24.1 Å². The topological polar surface area (TPSA) is 111 Å². The summed E-state index contributed by atoms with van der Waals surface area (Å²) in [6.07, 6.45) is 0. The molecule has 0 saturated heterocycles. The van der Waals surface area contributed by atoms with Crippen LogP contribution in [0.4, 0.5) is 5.69 Å². The summed E-state index contributed by atoms with van der Waals surface area (Å²) in [6.45, 7) is -0.0106. The van der Waals surface area contributed by atoms with E-state index in [1.54, 1.807) is 24.3 Å². The number of Topliss-reactive ketones (excluding diaryl/α,β-unsaturated/α-hetero) is 1. The van der Waals surface area contributed by atoms with Crippen molar-refractivity contribution in [2.75, 3.05) is 26.6 Å². The first-order valence-electron chi connectivity index (χ1n) is 10.6. The minimum atomic E-state index is -0.917. The number of amides is 3. The SMILES string of the molecule is COc1cc(C(=O)Nc2ccc3c(c2)C(=O)C(=O)N(Cc2ccccc2)C3=O)cc(OC)c1OC. The van der Waals surface area contributed by atoms with E-state index in [1.165, 1.54) is 51.7 Å². The van der Waals surface area contributed by atoms with Crippen molar-refractivity contribution < 1.29 is 33.4 Å². The van der Waals surface area contributed by atoms with Crippen LogP contribution in [0.2, 0.25) is 0 Å². The van der Waals surface area contributed by atoms with Crippen molar-refractivity contribution >= 4 is 29.2 Å². The molecule has 1 aliphatic heterocycles. The number of carbonyl (C=O) groups is 4. The van der Waals surface area contributed by atoms with Crippen LogP contribution in [-0.4, -0.2) is 49.7 Å². The van der Waals surface area contributed by atoms with E-state index in [0.717, 1.165) is 10.5 Å². The van der Waals surface area contributed by atoms with Crippen LogP contribution < -0.4 is 19.5 Å². The highest BCUT2D eigenvalue weighted by Crippen LogP contribution is 2.38. The summed E-state index contributed by atoms with van der Waals surface area (Å²) in [4.78, 5) is 52.3. The Hall–Kier alpha value is -4.66. The van der Waals surface area contributed by atoms with Crippen molar-refractivity contribution in [3.63, 3.8) is 0 Å². The van der Waals surface area contributed by atoms with Crippen molar-refractivity contribution in [1.29, 1.82) is 0 Å². The standard InChI is InChI=1S/C26H22N2O7/c1-33-20-11-16(12-21(34-2)23(20)35-3)24(30)27-17-9-10-18-19(13-17)22(29)26(32)28(25(18)31)14-15-7-5-4-6-8-15/h4-13H,14H2,1-3H3,(H,27,30). The Morgan fingerprint density at radius 1 is 0.800 bits per heavy atom. The molecule has 3 amide bonds. The third-order valence-electron chi connectivity index (χ3n) is 5.55. The third kappa shape index (κ3) is 4.43. The molecule has 0 aliphatic carbocycles.